The summed E-state index contributed by atoms with van der Waals surface area (Å²) in [6.07, 6.45) is 2.53. The number of nitrogens with zero attached hydrogens (tertiary/aromatic N) is 1. The second-order valence-corrected chi connectivity index (χ2v) is 5.98. The van der Waals surface area contributed by atoms with Crippen molar-refractivity contribution in [2.75, 3.05) is 26.2 Å². The van der Waals surface area contributed by atoms with E-state index in [1.165, 1.54) is 12.8 Å². The maximum Gasteiger partial charge on any atom is 0.127 e. The first-order chi connectivity index (χ1) is 8.67. The zero-order valence-corrected chi connectivity index (χ0v) is 12.2. The van der Waals surface area contributed by atoms with Crippen molar-refractivity contribution < 1.29 is 4.39 Å². The molecular weight excluding hydrogens is 263 g/mol. The number of likely N-dealkylation sites (tertiary alicyclic amines) is 1. The van der Waals surface area contributed by atoms with Crippen LogP contribution in [0.25, 0.3) is 0 Å². The molecule has 2 aliphatic rings. The van der Waals surface area contributed by atoms with Crippen LogP contribution in [0.3, 0.4) is 0 Å². The van der Waals surface area contributed by atoms with E-state index in [0.717, 1.165) is 43.9 Å². The number of rotatable bonds is 2. The highest BCUT2D eigenvalue weighted by molar-refractivity contribution is 5.85. The molecule has 0 aromatic heterocycles. The van der Waals surface area contributed by atoms with Crippen LogP contribution in [0.5, 0.6) is 0 Å². The lowest BCUT2D eigenvalue weighted by atomic mass is 9.86. The number of benzene rings is 1. The molecule has 1 atom stereocenters. The smallest absolute Gasteiger partial charge is 0.127 e. The molecule has 0 radical (unpaired) electrons. The van der Waals surface area contributed by atoms with E-state index in [9.17, 15) is 4.39 Å². The Hall–Kier alpha value is -0.640. The van der Waals surface area contributed by atoms with Crippen molar-refractivity contribution in [2.24, 2.45) is 5.41 Å². The van der Waals surface area contributed by atoms with Gasteiger partial charge in [0.1, 0.15) is 5.82 Å². The number of hydrogen-bond acceptors (Lipinski definition) is 2. The van der Waals surface area contributed by atoms with Gasteiger partial charge in [0, 0.05) is 25.2 Å². The first-order valence-corrected chi connectivity index (χ1v) is 6.85. The number of aryl methyl sites for hydroxylation is 1. The average molecular weight is 285 g/mol. The minimum absolute atomic E-state index is 0. The summed E-state index contributed by atoms with van der Waals surface area (Å²) < 4.78 is 13.8. The van der Waals surface area contributed by atoms with Crippen molar-refractivity contribution in [1.29, 1.82) is 0 Å². The third-order valence-electron chi connectivity index (χ3n) is 4.44. The highest BCUT2D eigenvalue weighted by atomic mass is 35.5. The molecule has 1 spiro atoms. The van der Waals surface area contributed by atoms with Crippen LogP contribution >= 0.6 is 12.4 Å². The van der Waals surface area contributed by atoms with Crippen molar-refractivity contribution in [3.63, 3.8) is 0 Å². The summed E-state index contributed by atoms with van der Waals surface area (Å²) in [6, 6.07) is 5.41. The van der Waals surface area contributed by atoms with Crippen molar-refractivity contribution >= 4 is 12.4 Å². The van der Waals surface area contributed by atoms with Gasteiger partial charge in [0.2, 0.25) is 0 Å². The van der Waals surface area contributed by atoms with E-state index in [4.69, 9.17) is 0 Å². The van der Waals surface area contributed by atoms with E-state index in [0.29, 0.717) is 5.41 Å². The first-order valence-electron chi connectivity index (χ1n) is 6.85. The lowest BCUT2D eigenvalue weighted by Gasteiger charge is -2.23. The lowest BCUT2D eigenvalue weighted by Crippen LogP contribution is -2.29. The molecule has 2 heterocycles. The Labute approximate surface area is 120 Å². The quantitative estimate of drug-likeness (QED) is 0.898. The van der Waals surface area contributed by atoms with Crippen molar-refractivity contribution in [3.8, 4) is 0 Å². The second kappa shape index (κ2) is 5.78. The Balaban J connectivity index is 0.00000133. The normalized spacial score (nSPS) is 26.8. The van der Waals surface area contributed by atoms with Crippen molar-refractivity contribution in [1.82, 2.24) is 10.2 Å². The molecule has 106 valence electrons. The summed E-state index contributed by atoms with van der Waals surface area (Å²) in [6.45, 7) is 7.29. The summed E-state index contributed by atoms with van der Waals surface area (Å²) in [5.41, 5.74) is 2.46. The zero-order chi connectivity index (χ0) is 12.6. The summed E-state index contributed by atoms with van der Waals surface area (Å²) in [5, 5.41) is 3.46. The van der Waals surface area contributed by atoms with Gasteiger partial charge in [0.25, 0.3) is 0 Å². The Bertz CT molecular complexity index is 444. The molecule has 2 fully saturated rings. The summed E-state index contributed by atoms with van der Waals surface area (Å²) >= 11 is 0. The van der Waals surface area contributed by atoms with Gasteiger partial charge in [-0.25, -0.2) is 4.39 Å². The van der Waals surface area contributed by atoms with E-state index in [1.54, 1.807) is 6.07 Å². The molecule has 4 heteroatoms. The van der Waals surface area contributed by atoms with Crippen LogP contribution in [0, 0.1) is 18.2 Å². The predicted octanol–water partition coefficient (Wildman–Crippen LogP) is 2.74. The van der Waals surface area contributed by atoms with Crippen LogP contribution < -0.4 is 5.32 Å². The molecule has 2 nitrogen and oxygen atoms in total. The van der Waals surface area contributed by atoms with Crippen LogP contribution in [-0.4, -0.2) is 31.1 Å². The third-order valence-corrected chi connectivity index (χ3v) is 4.44. The molecule has 0 amide bonds. The maximum atomic E-state index is 13.8. The summed E-state index contributed by atoms with van der Waals surface area (Å²) in [7, 11) is 0. The van der Waals surface area contributed by atoms with E-state index < -0.39 is 0 Å². The minimum Gasteiger partial charge on any atom is -0.316 e. The van der Waals surface area contributed by atoms with Crippen LogP contribution in [-0.2, 0) is 6.54 Å². The highest BCUT2D eigenvalue weighted by Crippen LogP contribution is 2.36. The number of nitrogens with one attached hydrogen (secondary N) is 1. The molecule has 2 saturated heterocycles. The Morgan fingerprint density at radius 2 is 2.21 bits per heavy atom. The van der Waals surface area contributed by atoms with Crippen LogP contribution in [0.2, 0.25) is 0 Å². The molecular formula is C15H22ClFN2. The van der Waals surface area contributed by atoms with E-state index in [2.05, 4.69) is 10.2 Å². The van der Waals surface area contributed by atoms with E-state index in [1.807, 2.05) is 19.1 Å². The van der Waals surface area contributed by atoms with Gasteiger partial charge in [-0.3, -0.25) is 4.90 Å². The molecule has 0 bridgehead atoms. The average Bonchev–Trinajstić information content (AvgIpc) is 2.95. The van der Waals surface area contributed by atoms with Gasteiger partial charge >= 0.3 is 0 Å². The second-order valence-electron chi connectivity index (χ2n) is 5.98. The highest BCUT2D eigenvalue weighted by Gasteiger charge is 2.40. The molecule has 19 heavy (non-hydrogen) atoms. The van der Waals surface area contributed by atoms with Gasteiger partial charge in [-0.15, -0.1) is 12.4 Å². The van der Waals surface area contributed by atoms with E-state index in [-0.39, 0.29) is 18.2 Å². The Morgan fingerprint density at radius 3 is 2.95 bits per heavy atom. The fourth-order valence-corrected chi connectivity index (χ4v) is 3.37. The number of hydrogen-bond donors (Lipinski definition) is 1. The lowest BCUT2D eigenvalue weighted by molar-refractivity contribution is 0.266. The Morgan fingerprint density at radius 1 is 1.37 bits per heavy atom. The van der Waals surface area contributed by atoms with Crippen molar-refractivity contribution in [2.45, 2.75) is 26.3 Å². The fraction of sp³-hybridized carbons (Fsp3) is 0.600. The van der Waals surface area contributed by atoms with Gasteiger partial charge in [-0.1, -0.05) is 17.7 Å². The van der Waals surface area contributed by atoms with Gasteiger partial charge in [-0.05, 0) is 44.3 Å². The van der Waals surface area contributed by atoms with Crippen LogP contribution in [0.15, 0.2) is 18.2 Å². The maximum absolute atomic E-state index is 13.8. The molecule has 1 unspecified atom stereocenters. The fourth-order valence-electron chi connectivity index (χ4n) is 3.37. The summed E-state index contributed by atoms with van der Waals surface area (Å²) in [4.78, 5) is 2.41. The first kappa shape index (κ1) is 14.8. The topological polar surface area (TPSA) is 15.3 Å². The molecule has 1 aromatic rings. The molecule has 0 aliphatic carbocycles. The van der Waals surface area contributed by atoms with Crippen molar-refractivity contribution in [3.05, 3.63) is 35.1 Å². The van der Waals surface area contributed by atoms with Gasteiger partial charge in [-0.2, -0.15) is 0 Å². The van der Waals surface area contributed by atoms with Gasteiger partial charge in [0.15, 0.2) is 0 Å². The van der Waals surface area contributed by atoms with Crippen LogP contribution in [0.1, 0.15) is 24.0 Å². The molecule has 1 aromatic carbocycles. The minimum atomic E-state index is -0.0638. The molecule has 2 aliphatic heterocycles. The van der Waals surface area contributed by atoms with Gasteiger partial charge < -0.3 is 5.32 Å². The zero-order valence-electron chi connectivity index (χ0n) is 11.4. The Kier molecular flexibility index (Phi) is 4.49. The van der Waals surface area contributed by atoms with E-state index >= 15 is 0 Å². The predicted molar refractivity (Wildman–Crippen MR) is 78.2 cm³/mol. The molecule has 3 rings (SSSR count). The number of halogens is 2. The SMILES string of the molecule is Cc1ccc(F)c(CN2CCC3(CCNC3)C2)c1.Cl. The largest absolute Gasteiger partial charge is 0.316 e. The molecule has 1 N–H and O–H groups in total. The van der Waals surface area contributed by atoms with Crippen LogP contribution in [0.4, 0.5) is 4.39 Å². The standard InChI is InChI=1S/C15H21FN2.ClH/c1-12-2-3-14(16)13(8-12)9-18-7-5-15(11-18)4-6-17-10-15;/h2-3,8,17H,4-7,9-11H2,1H3;1H. The summed E-state index contributed by atoms with van der Waals surface area (Å²) in [5.74, 6) is -0.0638. The monoisotopic (exact) mass is 284 g/mol. The molecule has 0 saturated carbocycles. The van der Waals surface area contributed by atoms with Gasteiger partial charge in [0.05, 0.1) is 0 Å². The third kappa shape index (κ3) is 3.10.